The Kier molecular flexibility index (Phi) is 5.82. The van der Waals surface area contributed by atoms with Gasteiger partial charge in [-0.25, -0.2) is 0 Å². The third-order valence-electron chi connectivity index (χ3n) is 4.15. The van der Waals surface area contributed by atoms with Crippen molar-refractivity contribution in [1.29, 1.82) is 0 Å². The lowest BCUT2D eigenvalue weighted by molar-refractivity contribution is 0.473. The predicted molar refractivity (Wildman–Crippen MR) is 106 cm³/mol. The van der Waals surface area contributed by atoms with Gasteiger partial charge in [0.15, 0.2) is 0 Å². The van der Waals surface area contributed by atoms with Crippen molar-refractivity contribution in [3.8, 4) is 11.5 Å². The molecule has 0 unspecified atom stereocenters. The number of para-hydroxylation sites is 1. The third kappa shape index (κ3) is 4.73. The van der Waals surface area contributed by atoms with Crippen molar-refractivity contribution >= 4 is 31.6 Å². The first-order valence-electron chi connectivity index (χ1n) is 8.25. The van der Waals surface area contributed by atoms with Crippen molar-refractivity contribution in [2.75, 3.05) is 19.3 Å². The minimum Gasteiger partial charge on any atom is -0.456 e. The molecule has 0 saturated carbocycles. The molecular formula is C19H20BrNO4S. The molecule has 0 atom stereocenters. The first-order valence-corrected chi connectivity index (χ1v) is 10.9. The van der Waals surface area contributed by atoms with Crippen LogP contribution in [0.15, 0.2) is 52.5 Å². The molecule has 4 rings (SSSR count). The van der Waals surface area contributed by atoms with E-state index < -0.39 is 10.1 Å². The highest BCUT2D eigenvalue weighted by Gasteiger charge is 2.25. The van der Waals surface area contributed by atoms with E-state index in [2.05, 4.69) is 51.6 Å². The molecule has 0 aromatic heterocycles. The van der Waals surface area contributed by atoms with Crippen LogP contribution in [0.5, 0.6) is 11.5 Å². The van der Waals surface area contributed by atoms with Gasteiger partial charge in [0, 0.05) is 15.6 Å². The van der Waals surface area contributed by atoms with Gasteiger partial charge in [0.2, 0.25) is 0 Å². The Balaban J connectivity index is 0.000000349. The molecule has 1 fully saturated rings. The van der Waals surface area contributed by atoms with Crippen LogP contribution in [0.2, 0.25) is 0 Å². The van der Waals surface area contributed by atoms with Gasteiger partial charge in [-0.05, 0) is 55.8 Å². The van der Waals surface area contributed by atoms with E-state index in [4.69, 9.17) is 9.29 Å². The van der Waals surface area contributed by atoms with E-state index in [1.54, 1.807) is 0 Å². The Hall–Kier alpha value is -1.67. The lowest BCUT2D eigenvalue weighted by atomic mass is 9.86. The molecular weight excluding hydrogens is 418 g/mol. The number of benzene rings is 2. The van der Waals surface area contributed by atoms with Gasteiger partial charge in [-0.1, -0.05) is 39.7 Å². The number of rotatable bonds is 0. The van der Waals surface area contributed by atoms with Gasteiger partial charge < -0.3 is 10.1 Å². The van der Waals surface area contributed by atoms with Crippen molar-refractivity contribution < 1.29 is 17.7 Å². The zero-order valence-corrected chi connectivity index (χ0v) is 16.7. The Morgan fingerprint density at radius 3 is 2.35 bits per heavy atom. The Morgan fingerprint density at radius 1 is 1.04 bits per heavy atom. The Morgan fingerprint density at radius 2 is 1.65 bits per heavy atom. The summed E-state index contributed by atoms with van der Waals surface area (Å²) in [5.74, 6) is 1.92. The van der Waals surface area contributed by atoms with E-state index in [-0.39, 0.29) is 0 Å². The lowest BCUT2D eigenvalue weighted by Crippen LogP contribution is -2.24. The van der Waals surface area contributed by atoms with E-state index >= 15 is 0 Å². The van der Waals surface area contributed by atoms with Gasteiger partial charge in [-0.15, -0.1) is 0 Å². The summed E-state index contributed by atoms with van der Waals surface area (Å²) in [5.41, 5.74) is 5.33. The molecule has 2 aliphatic heterocycles. The largest absolute Gasteiger partial charge is 0.456 e. The highest BCUT2D eigenvalue weighted by Crippen LogP contribution is 2.46. The third-order valence-corrected chi connectivity index (χ3v) is 4.64. The van der Waals surface area contributed by atoms with Crippen LogP contribution in [0, 0.1) is 0 Å². The van der Waals surface area contributed by atoms with Crippen LogP contribution in [-0.2, 0) is 10.1 Å². The molecule has 5 nitrogen and oxygen atoms in total. The summed E-state index contributed by atoms with van der Waals surface area (Å²) in [6.45, 7) is 2.12. The van der Waals surface area contributed by atoms with E-state index in [9.17, 15) is 8.42 Å². The summed E-state index contributed by atoms with van der Waals surface area (Å²) >= 11 is 3.59. The molecule has 2 aliphatic rings. The number of hydrogen-bond acceptors (Lipinski definition) is 4. The topological polar surface area (TPSA) is 75.6 Å². The zero-order valence-electron chi connectivity index (χ0n) is 14.3. The van der Waals surface area contributed by atoms with Crippen LogP contribution in [-0.4, -0.2) is 32.3 Å². The maximum Gasteiger partial charge on any atom is 0.261 e. The smallest absolute Gasteiger partial charge is 0.261 e. The first-order chi connectivity index (χ1) is 12.3. The second-order valence-corrected chi connectivity index (χ2v) is 8.58. The molecule has 26 heavy (non-hydrogen) atoms. The fourth-order valence-corrected chi connectivity index (χ4v) is 3.53. The van der Waals surface area contributed by atoms with Crippen LogP contribution in [0.1, 0.15) is 24.0 Å². The average molecular weight is 438 g/mol. The maximum atomic E-state index is 9.19. The van der Waals surface area contributed by atoms with E-state index in [1.165, 1.54) is 22.3 Å². The minimum atomic E-state index is -3.67. The summed E-state index contributed by atoms with van der Waals surface area (Å²) in [5, 5.41) is 3.44. The monoisotopic (exact) mass is 437 g/mol. The number of nitrogens with one attached hydrogen (secondary N) is 1. The molecule has 2 heterocycles. The van der Waals surface area contributed by atoms with Crippen LogP contribution in [0.3, 0.4) is 0 Å². The van der Waals surface area contributed by atoms with Crippen molar-refractivity contribution in [3.63, 3.8) is 0 Å². The van der Waals surface area contributed by atoms with Gasteiger partial charge >= 0.3 is 0 Å². The van der Waals surface area contributed by atoms with Gasteiger partial charge in [0.25, 0.3) is 10.1 Å². The van der Waals surface area contributed by atoms with Crippen molar-refractivity contribution in [2.45, 2.75) is 12.8 Å². The van der Waals surface area contributed by atoms with Gasteiger partial charge in [-0.3, -0.25) is 4.55 Å². The summed E-state index contributed by atoms with van der Waals surface area (Å²) in [4.78, 5) is 0. The lowest BCUT2D eigenvalue weighted by Gasteiger charge is -2.27. The van der Waals surface area contributed by atoms with Gasteiger partial charge in [0.05, 0.1) is 6.26 Å². The second kappa shape index (κ2) is 7.92. The fraction of sp³-hybridized carbons (Fsp3) is 0.263. The zero-order chi connectivity index (χ0) is 18.7. The normalized spacial score (nSPS) is 16.0. The second-order valence-electron chi connectivity index (χ2n) is 6.20. The molecule has 0 bridgehead atoms. The molecule has 7 heteroatoms. The number of ether oxygens (including phenoxy) is 1. The van der Waals surface area contributed by atoms with Gasteiger partial charge in [0.1, 0.15) is 11.5 Å². The molecule has 2 N–H and O–H groups in total. The molecule has 0 spiro atoms. The molecule has 1 saturated heterocycles. The molecule has 138 valence electrons. The van der Waals surface area contributed by atoms with Crippen molar-refractivity contribution in [3.05, 3.63) is 63.6 Å². The molecule has 0 radical (unpaired) electrons. The number of halogens is 1. The van der Waals surface area contributed by atoms with Crippen LogP contribution in [0.4, 0.5) is 0 Å². The van der Waals surface area contributed by atoms with E-state index in [0.717, 1.165) is 41.9 Å². The van der Waals surface area contributed by atoms with Crippen LogP contribution in [0.25, 0.3) is 5.57 Å². The number of fused-ring (bicyclic) bond motifs is 2. The van der Waals surface area contributed by atoms with Crippen molar-refractivity contribution in [1.82, 2.24) is 5.32 Å². The predicted octanol–water partition coefficient (Wildman–Crippen LogP) is 4.24. The quantitative estimate of drug-likeness (QED) is 0.514. The highest BCUT2D eigenvalue weighted by molar-refractivity contribution is 9.10. The number of piperidine rings is 1. The molecule has 0 amide bonds. The summed E-state index contributed by atoms with van der Waals surface area (Å²) in [6.07, 6.45) is 2.93. The maximum absolute atomic E-state index is 9.19. The fourth-order valence-electron chi connectivity index (χ4n) is 3.17. The van der Waals surface area contributed by atoms with E-state index in [0.29, 0.717) is 6.26 Å². The van der Waals surface area contributed by atoms with Crippen LogP contribution < -0.4 is 10.1 Å². The minimum absolute atomic E-state index is 0.715. The van der Waals surface area contributed by atoms with Crippen LogP contribution >= 0.6 is 15.9 Å². The number of hydrogen-bond donors (Lipinski definition) is 2. The van der Waals surface area contributed by atoms with Gasteiger partial charge in [-0.2, -0.15) is 8.42 Å². The summed E-state index contributed by atoms with van der Waals surface area (Å²) in [6, 6.07) is 14.6. The SMILES string of the molecule is Brc1ccc2c(c1)C(=C1CCNCC1)c1ccccc1O2.CS(=O)(=O)O. The Bertz CT molecular complexity index is 938. The highest BCUT2D eigenvalue weighted by atomic mass is 79.9. The summed E-state index contributed by atoms with van der Waals surface area (Å²) < 4.78 is 33.0. The van der Waals surface area contributed by atoms with Crippen molar-refractivity contribution in [2.24, 2.45) is 0 Å². The molecule has 2 aromatic carbocycles. The first kappa shape index (κ1) is 19.1. The Labute approximate surface area is 162 Å². The average Bonchev–Trinajstić information content (AvgIpc) is 2.59. The standard InChI is InChI=1S/C18H16BrNO.CH4O3S/c19-13-5-6-17-15(11-13)18(12-7-9-20-10-8-12)14-3-1-2-4-16(14)21-17;1-5(2,3)4/h1-6,11,20H,7-10H2;1H3,(H,2,3,4). The molecule has 0 aliphatic carbocycles. The summed E-state index contributed by atoms with van der Waals surface area (Å²) in [7, 11) is -3.67. The van der Waals surface area contributed by atoms with E-state index in [1.807, 2.05) is 12.1 Å². The molecule has 2 aromatic rings.